The van der Waals surface area contributed by atoms with Crippen LogP contribution in [-0.4, -0.2) is 53.5 Å². The Morgan fingerprint density at radius 3 is 2.75 bits per heavy atom. The summed E-state index contributed by atoms with van der Waals surface area (Å²) in [5.74, 6) is -1.54. The fourth-order valence-corrected chi connectivity index (χ4v) is 3.21. The summed E-state index contributed by atoms with van der Waals surface area (Å²) in [4.78, 5) is 0. The largest absolute Gasteiger partial charge is 0.393 e. The summed E-state index contributed by atoms with van der Waals surface area (Å²) in [5, 5.41) is 29.5. The molecule has 0 bridgehead atoms. The van der Waals surface area contributed by atoms with Gasteiger partial charge in [-0.2, -0.15) is 0 Å². The number of aliphatic hydroxyl groups is 3. The highest BCUT2D eigenvalue weighted by Crippen LogP contribution is 2.44. The highest BCUT2D eigenvalue weighted by molar-refractivity contribution is 5.00. The number of rotatable bonds is 6. The molecule has 2 rings (SSSR count). The average molecular weight is 288 g/mol. The van der Waals surface area contributed by atoms with Crippen molar-refractivity contribution < 1.29 is 29.5 Å². The second kappa shape index (κ2) is 6.51. The highest BCUT2D eigenvalue weighted by Gasteiger charge is 2.48. The van der Waals surface area contributed by atoms with Gasteiger partial charge in [-0.3, -0.25) is 0 Å². The van der Waals surface area contributed by atoms with E-state index in [9.17, 15) is 15.3 Å². The molecule has 6 atom stereocenters. The Labute approximate surface area is 119 Å². The van der Waals surface area contributed by atoms with Crippen LogP contribution in [0.5, 0.6) is 0 Å². The third-order valence-corrected chi connectivity index (χ3v) is 4.18. The first-order chi connectivity index (χ1) is 9.49. The van der Waals surface area contributed by atoms with Gasteiger partial charge in [-0.25, -0.2) is 0 Å². The molecule has 3 N–H and O–H groups in total. The number of hydrogen-bond acceptors (Lipinski definition) is 6. The molecular weight excluding hydrogens is 264 g/mol. The Bertz CT molecular complexity index is 347. The van der Waals surface area contributed by atoms with E-state index in [2.05, 4.69) is 0 Å². The van der Waals surface area contributed by atoms with Gasteiger partial charge in [0, 0.05) is 32.6 Å². The topological polar surface area (TPSA) is 88.4 Å². The Morgan fingerprint density at radius 1 is 1.35 bits per heavy atom. The first kappa shape index (κ1) is 15.9. The van der Waals surface area contributed by atoms with Gasteiger partial charge in [0.2, 0.25) is 0 Å². The highest BCUT2D eigenvalue weighted by atomic mass is 16.8. The van der Waals surface area contributed by atoms with E-state index < -0.39 is 18.4 Å². The Hall–Kier alpha value is -0.500. The van der Waals surface area contributed by atoms with Gasteiger partial charge in [0.25, 0.3) is 0 Å². The molecule has 0 radical (unpaired) electrons. The summed E-state index contributed by atoms with van der Waals surface area (Å²) in [7, 11) is 1.36. The lowest BCUT2D eigenvalue weighted by molar-refractivity contribution is -0.315. The molecule has 116 valence electrons. The van der Waals surface area contributed by atoms with Crippen molar-refractivity contribution in [3.05, 3.63) is 12.2 Å². The summed E-state index contributed by atoms with van der Waals surface area (Å²) in [6.45, 7) is 2.09. The van der Waals surface area contributed by atoms with E-state index in [0.29, 0.717) is 25.9 Å². The summed E-state index contributed by atoms with van der Waals surface area (Å²) >= 11 is 0. The van der Waals surface area contributed by atoms with Gasteiger partial charge in [-0.15, -0.1) is 0 Å². The number of hydrogen-bond donors (Lipinski definition) is 3. The minimum absolute atomic E-state index is 0.0242. The summed E-state index contributed by atoms with van der Waals surface area (Å²) in [6, 6.07) is 0. The molecule has 1 heterocycles. The van der Waals surface area contributed by atoms with Crippen molar-refractivity contribution in [2.75, 3.05) is 13.7 Å². The maximum absolute atomic E-state index is 10.1. The molecule has 2 aliphatic rings. The van der Waals surface area contributed by atoms with Crippen LogP contribution < -0.4 is 0 Å². The van der Waals surface area contributed by atoms with E-state index in [1.165, 1.54) is 13.2 Å². The number of methoxy groups -OCH3 is 1. The Kier molecular flexibility index (Phi) is 5.17. The molecule has 20 heavy (non-hydrogen) atoms. The van der Waals surface area contributed by atoms with E-state index in [-0.39, 0.29) is 17.9 Å². The molecule has 1 aliphatic carbocycles. The van der Waals surface area contributed by atoms with Crippen LogP contribution in [0.1, 0.15) is 26.2 Å². The first-order valence-electron chi connectivity index (χ1n) is 7.10. The predicted molar refractivity (Wildman–Crippen MR) is 70.4 cm³/mol. The van der Waals surface area contributed by atoms with Crippen LogP contribution in [0.4, 0.5) is 0 Å². The van der Waals surface area contributed by atoms with Crippen molar-refractivity contribution >= 4 is 0 Å². The molecule has 6 nitrogen and oxygen atoms in total. The van der Waals surface area contributed by atoms with Crippen molar-refractivity contribution in [3.8, 4) is 0 Å². The quantitative estimate of drug-likeness (QED) is 0.483. The molecule has 0 amide bonds. The van der Waals surface area contributed by atoms with Crippen LogP contribution in [0.15, 0.2) is 12.2 Å². The zero-order valence-corrected chi connectivity index (χ0v) is 11.9. The molecule has 0 spiro atoms. The van der Waals surface area contributed by atoms with Gasteiger partial charge >= 0.3 is 5.97 Å². The van der Waals surface area contributed by atoms with Crippen molar-refractivity contribution in [3.63, 3.8) is 0 Å². The molecule has 6 heteroatoms. The minimum atomic E-state index is -1.72. The van der Waals surface area contributed by atoms with E-state index in [4.69, 9.17) is 14.2 Å². The van der Waals surface area contributed by atoms with Gasteiger partial charge in [-0.05, 0) is 25.2 Å². The second-order valence-electron chi connectivity index (χ2n) is 5.40. The van der Waals surface area contributed by atoms with Gasteiger partial charge in [0.1, 0.15) is 0 Å². The van der Waals surface area contributed by atoms with Crippen molar-refractivity contribution in [1.82, 2.24) is 0 Å². The van der Waals surface area contributed by atoms with Gasteiger partial charge in [0.05, 0.1) is 12.2 Å². The van der Waals surface area contributed by atoms with E-state index in [0.717, 1.165) is 0 Å². The lowest BCUT2D eigenvalue weighted by atomic mass is 9.89. The van der Waals surface area contributed by atoms with Gasteiger partial charge in [-0.1, -0.05) is 6.08 Å². The summed E-state index contributed by atoms with van der Waals surface area (Å²) < 4.78 is 15.4. The monoisotopic (exact) mass is 288 g/mol. The van der Waals surface area contributed by atoms with Crippen LogP contribution in [0.25, 0.3) is 0 Å². The molecule has 6 unspecified atom stereocenters. The third kappa shape index (κ3) is 3.39. The number of fused-ring (bicyclic) bond motifs is 1. The lowest BCUT2D eigenvalue weighted by Gasteiger charge is -2.23. The maximum Gasteiger partial charge on any atom is 0.301 e. The molecular formula is C14H24O6. The van der Waals surface area contributed by atoms with E-state index in [1.54, 1.807) is 13.0 Å². The van der Waals surface area contributed by atoms with Gasteiger partial charge < -0.3 is 29.5 Å². The van der Waals surface area contributed by atoms with E-state index >= 15 is 0 Å². The first-order valence-corrected chi connectivity index (χ1v) is 7.10. The fraction of sp³-hybridized carbons (Fsp3) is 0.857. The molecule has 0 aromatic heterocycles. The number of ether oxygens (including phenoxy) is 3. The fourth-order valence-electron chi connectivity index (χ4n) is 3.21. The summed E-state index contributed by atoms with van der Waals surface area (Å²) in [6.07, 6.45) is 3.67. The molecule has 1 saturated heterocycles. The zero-order valence-electron chi connectivity index (χ0n) is 11.9. The zero-order chi connectivity index (χ0) is 14.8. The lowest BCUT2D eigenvalue weighted by Crippen LogP contribution is -2.32. The maximum atomic E-state index is 10.1. The van der Waals surface area contributed by atoms with E-state index in [1.807, 2.05) is 0 Å². The SMILES string of the molecule is CCOC(O)(C=CCC1C(O)CC2OC(O)CC21)OC. The van der Waals surface area contributed by atoms with Crippen molar-refractivity contribution in [2.45, 2.75) is 50.7 Å². The number of allylic oxidation sites excluding steroid dienone is 1. The normalized spacial score (nSPS) is 40.1. The Morgan fingerprint density at radius 2 is 2.10 bits per heavy atom. The predicted octanol–water partition coefficient (Wildman–Crippen LogP) is 0.366. The van der Waals surface area contributed by atoms with Crippen LogP contribution in [-0.2, 0) is 14.2 Å². The Balaban J connectivity index is 1.92. The second-order valence-corrected chi connectivity index (χ2v) is 5.40. The van der Waals surface area contributed by atoms with Crippen LogP contribution in [0.2, 0.25) is 0 Å². The van der Waals surface area contributed by atoms with Crippen LogP contribution in [0.3, 0.4) is 0 Å². The van der Waals surface area contributed by atoms with Crippen molar-refractivity contribution in [2.24, 2.45) is 11.8 Å². The van der Waals surface area contributed by atoms with Crippen molar-refractivity contribution in [1.29, 1.82) is 0 Å². The standard InChI is InChI=1S/C14H24O6/c1-3-19-14(17,18-2)6-4-5-9-10-7-13(16)20-12(10)8-11(9)15/h4,6,9-13,15-17H,3,5,7-8H2,1-2H3. The molecule has 2 fully saturated rings. The number of aliphatic hydroxyl groups excluding tert-OH is 2. The van der Waals surface area contributed by atoms with Gasteiger partial charge in [0.15, 0.2) is 6.29 Å². The average Bonchev–Trinajstić information content (AvgIpc) is 2.87. The smallest absolute Gasteiger partial charge is 0.301 e. The third-order valence-electron chi connectivity index (χ3n) is 4.18. The van der Waals surface area contributed by atoms with Crippen LogP contribution in [0, 0.1) is 11.8 Å². The molecule has 0 aromatic rings. The summed E-state index contributed by atoms with van der Waals surface area (Å²) in [5.41, 5.74) is 0. The minimum Gasteiger partial charge on any atom is -0.393 e. The molecule has 1 aliphatic heterocycles. The molecule has 1 saturated carbocycles. The molecule has 0 aromatic carbocycles. The van der Waals surface area contributed by atoms with Crippen LogP contribution >= 0.6 is 0 Å².